The average Bonchev–Trinajstić information content (AvgIpc) is 2.46. The van der Waals surface area contributed by atoms with E-state index in [0.29, 0.717) is 10.9 Å². The molecule has 6 heteroatoms. The number of benzene rings is 2. The summed E-state index contributed by atoms with van der Waals surface area (Å²) in [6, 6.07) is 8.16. The molecule has 0 atom stereocenters. The van der Waals surface area contributed by atoms with Crippen LogP contribution in [0.15, 0.2) is 45.6 Å². The molecular formula is C15H10O6. The molecule has 2 aromatic carbocycles. The fraction of sp³-hybridized carbons (Fsp3) is 0. The second-order valence-electron chi connectivity index (χ2n) is 4.50. The average molecular weight is 286 g/mol. The Kier molecular flexibility index (Phi) is 2.72. The summed E-state index contributed by atoms with van der Waals surface area (Å²) >= 11 is 0. The third kappa shape index (κ3) is 2.02. The van der Waals surface area contributed by atoms with Crippen molar-refractivity contribution in [1.29, 1.82) is 0 Å². The van der Waals surface area contributed by atoms with E-state index < -0.39 is 11.4 Å². The van der Waals surface area contributed by atoms with E-state index in [0.717, 1.165) is 0 Å². The first kappa shape index (κ1) is 12.9. The molecule has 0 aliphatic rings. The van der Waals surface area contributed by atoms with Crippen LogP contribution >= 0.6 is 0 Å². The van der Waals surface area contributed by atoms with Gasteiger partial charge in [-0.25, -0.2) is 4.79 Å². The van der Waals surface area contributed by atoms with E-state index in [2.05, 4.69) is 0 Å². The topological polar surface area (TPSA) is 111 Å². The van der Waals surface area contributed by atoms with Gasteiger partial charge in [-0.1, -0.05) is 6.07 Å². The van der Waals surface area contributed by atoms with Crippen LogP contribution in [0.1, 0.15) is 0 Å². The Morgan fingerprint density at radius 1 is 0.810 bits per heavy atom. The maximum atomic E-state index is 12.0. The lowest BCUT2D eigenvalue weighted by molar-refractivity contribution is 0.397. The van der Waals surface area contributed by atoms with E-state index in [1.807, 2.05) is 0 Å². The Bertz CT molecular complexity index is 910. The van der Waals surface area contributed by atoms with E-state index in [4.69, 9.17) is 4.42 Å². The molecule has 21 heavy (non-hydrogen) atoms. The van der Waals surface area contributed by atoms with Gasteiger partial charge < -0.3 is 24.8 Å². The van der Waals surface area contributed by atoms with E-state index in [1.54, 1.807) is 0 Å². The fourth-order valence-corrected chi connectivity index (χ4v) is 2.05. The van der Waals surface area contributed by atoms with Gasteiger partial charge in [-0.15, -0.1) is 0 Å². The van der Waals surface area contributed by atoms with Crippen molar-refractivity contribution < 1.29 is 24.8 Å². The van der Waals surface area contributed by atoms with Crippen molar-refractivity contribution in [1.82, 2.24) is 0 Å². The Morgan fingerprint density at radius 2 is 1.52 bits per heavy atom. The quantitative estimate of drug-likeness (QED) is 0.403. The number of rotatable bonds is 1. The molecule has 1 aromatic heterocycles. The van der Waals surface area contributed by atoms with Crippen molar-refractivity contribution in [3.05, 3.63) is 46.8 Å². The molecule has 0 radical (unpaired) electrons. The second-order valence-corrected chi connectivity index (χ2v) is 4.50. The third-order valence-corrected chi connectivity index (χ3v) is 3.14. The van der Waals surface area contributed by atoms with Gasteiger partial charge in [-0.3, -0.25) is 0 Å². The number of phenolic OH excluding ortho intramolecular Hbond substituents is 4. The first-order valence-electron chi connectivity index (χ1n) is 5.98. The Hall–Kier alpha value is -3.15. The zero-order chi connectivity index (χ0) is 15.1. The molecule has 0 amide bonds. The van der Waals surface area contributed by atoms with Crippen LogP contribution in [0.5, 0.6) is 23.0 Å². The smallest absolute Gasteiger partial charge is 0.344 e. The van der Waals surface area contributed by atoms with Crippen molar-refractivity contribution in [3.63, 3.8) is 0 Å². The van der Waals surface area contributed by atoms with Gasteiger partial charge in [0.15, 0.2) is 22.8 Å². The van der Waals surface area contributed by atoms with Crippen LogP contribution < -0.4 is 5.63 Å². The molecular weight excluding hydrogens is 276 g/mol. The number of fused-ring (bicyclic) bond motifs is 1. The lowest BCUT2D eigenvalue weighted by atomic mass is 10.1. The highest BCUT2D eigenvalue weighted by atomic mass is 16.4. The van der Waals surface area contributed by atoms with Gasteiger partial charge in [0.05, 0.1) is 5.56 Å². The summed E-state index contributed by atoms with van der Waals surface area (Å²) in [5.41, 5.74) is -0.350. The summed E-state index contributed by atoms with van der Waals surface area (Å²) in [5, 5.41) is 38.2. The monoisotopic (exact) mass is 286 g/mol. The highest BCUT2D eigenvalue weighted by Gasteiger charge is 2.13. The number of aromatic hydroxyl groups is 4. The number of hydrogen-bond acceptors (Lipinski definition) is 6. The summed E-state index contributed by atoms with van der Waals surface area (Å²) in [6.07, 6.45) is 0. The summed E-state index contributed by atoms with van der Waals surface area (Å²) < 4.78 is 5.02. The fourth-order valence-electron chi connectivity index (χ4n) is 2.05. The Balaban J connectivity index is 2.29. The molecule has 0 unspecified atom stereocenters. The van der Waals surface area contributed by atoms with Crippen molar-refractivity contribution in [3.8, 4) is 34.1 Å². The van der Waals surface area contributed by atoms with Gasteiger partial charge in [-0.05, 0) is 35.9 Å². The Labute approximate surface area is 117 Å². The molecule has 1 heterocycles. The predicted molar refractivity (Wildman–Crippen MR) is 74.6 cm³/mol. The number of hydrogen-bond donors (Lipinski definition) is 4. The van der Waals surface area contributed by atoms with Crippen molar-refractivity contribution in [2.45, 2.75) is 0 Å². The summed E-state index contributed by atoms with van der Waals surface area (Å²) in [6.45, 7) is 0. The second kappa shape index (κ2) is 4.45. The lowest BCUT2D eigenvalue weighted by Gasteiger charge is -2.06. The minimum atomic E-state index is -0.742. The van der Waals surface area contributed by atoms with E-state index in [1.165, 1.54) is 36.4 Å². The molecule has 0 fully saturated rings. The molecule has 0 aliphatic carbocycles. The van der Waals surface area contributed by atoms with Crippen molar-refractivity contribution in [2.24, 2.45) is 0 Å². The maximum Gasteiger partial charge on any atom is 0.344 e. The van der Waals surface area contributed by atoms with Crippen molar-refractivity contribution in [2.75, 3.05) is 0 Å². The van der Waals surface area contributed by atoms with Gasteiger partial charge in [0, 0.05) is 5.39 Å². The number of phenols is 4. The standard InChI is InChI=1S/C15H10O6/c16-10-3-1-7(6-12(10)18)9-5-8-2-4-11(17)13(19)14(8)21-15(9)20/h1-6,16-19H. The Morgan fingerprint density at radius 3 is 2.24 bits per heavy atom. The molecule has 0 spiro atoms. The van der Waals surface area contributed by atoms with Crippen LogP contribution in [0, 0.1) is 0 Å². The predicted octanol–water partition coefficient (Wildman–Crippen LogP) is 2.28. The van der Waals surface area contributed by atoms with E-state index in [9.17, 15) is 25.2 Å². The van der Waals surface area contributed by atoms with Crippen LogP contribution in [-0.2, 0) is 0 Å². The van der Waals surface area contributed by atoms with Gasteiger partial charge in [-0.2, -0.15) is 0 Å². The first-order chi connectivity index (χ1) is 9.97. The normalized spacial score (nSPS) is 10.9. The molecule has 4 N–H and O–H groups in total. The first-order valence-corrected chi connectivity index (χ1v) is 5.98. The summed E-state index contributed by atoms with van der Waals surface area (Å²) in [4.78, 5) is 12.0. The molecule has 0 bridgehead atoms. The lowest BCUT2D eigenvalue weighted by Crippen LogP contribution is -2.02. The van der Waals surface area contributed by atoms with Crippen LogP contribution in [0.2, 0.25) is 0 Å². The van der Waals surface area contributed by atoms with Gasteiger partial charge in [0.2, 0.25) is 5.75 Å². The largest absolute Gasteiger partial charge is 0.504 e. The highest BCUT2D eigenvalue weighted by molar-refractivity contribution is 5.88. The van der Waals surface area contributed by atoms with Crippen LogP contribution in [0.25, 0.3) is 22.1 Å². The van der Waals surface area contributed by atoms with Crippen molar-refractivity contribution >= 4 is 11.0 Å². The van der Waals surface area contributed by atoms with Gasteiger partial charge in [0.1, 0.15) is 0 Å². The zero-order valence-corrected chi connectivity index (χ0v) is 10.6. The molecule has 3 aromatic rings. The molecule has 3 rings (SSSR count). The SMILES string of the molecule is O=c1oc2c(O)c(O)ccc2cc1-c1ccc(O)c(O)c1. The summed E-state index contributed by atoms with van der Waals surface area (Å²) in [7, 11) is 0. The van der Waals surface area contributed by atoms with Gasteiger partial charge >= 0.3 is 5.63 Å². The minimum Gasteiger partial charge on any atom is -0.504 e. The minimum absolute atomic E-state index is 0.119. The molecule has 0 aliphatic heterocycles. The molecule has 0 saturated heterocycles. The molecule has 6 nitrogen and oxygen atoms in total. The van der Waals surface area contributed by atoms with Gasteiger partial charge in [0.25, 0.3) is 0 Å². The molecule has 106 valence electrons. The zero-order valence-electron chi connectivity index (χ0n) is 10.6. The maximum absolute atomic E-state index is 12.0. The van der Waals surface area contributed by atoms with E-state index in [-0.39, 0.29) is 28.4 Å². The van der Waals surface area contributed by atoms with Crippen LogP contribution in [-0.4, -0.2) is 20.4 Å². The summed E-state index contributed by atoms with van der Waals surface area (Å²) in [5.74, 6) is -1.56. The third-order valence-electron chi connectivity index (χ3n) is 3.14. The highest BCUT2D eigenvalue weighted by Crippen LogP contribution is 2.35. The molecule has 0 saturated carbocycles. The van der Waals surface area contributed by atoms with Crippen LogP contribution in [0.3, 0.4) is 0 Å². The van der Waals surface area contributed by atoms with E-state index >= 15 is 0 Å². The van der Waals surface area contributed by atoms with Crippen LogP contribution in [0.4, 0.5) is 0 Å².